The van der Waals surface area contributed by atoms with Crippen LogP contribution in [0.4, 0.5) is 13.2 Å². The molecule has 1 rings (SSSR count). The lowest BCUT2D eigenvalue weighted by Gasteiger charge is -2.14. The lowest BCUT2D eigenvalue weighted by atomic mass is 10.1. The van der Waals surface area contributed by atoms with Crippen LogP contribution in [0.1, 0.15) is 5.56 Å². The highest BCUT2D eigenvalue weighted by Crippen LogP contribution is 2.26. The first kappa shape index (κ1) is 20.5. The number of para-hydroxylation sites is 1. The second kappa shape index (κ2) is 9.50. The molecule has 0 aromatic heterocycles. The molecule has 0 bridgehead atoms. The number of carbonyl (C=O) groups excluding carboxylic acids is 1. The van der Waals surface area contributed by atoms with E-state index in [1.807, 2.05) is 0 Å². The first-order valence-corrected chi connectivity index (χ1v) is 6.19. The summed E-state index contributed by atoms with van der Waals surface area (Å²) in [6.07, 6.45) is -4.56. The summed E-state index contributed by atoms with van der Waals surface area (Å²) in [7, 11) is 1.41. The summed E-state index contributed by atoms with van der Waals surface area (Å²) in [6, 6.07) is 4.95. The van der Waals surface area contributed by atoms with Gasteiger partial charge in [-0.2, -0.15) is 0 Å². The summed E-state index contributed by atoms with van der Waals surface area (Å²) in [5, 5.41) is 2.53. The number of nitrogens with one attached hydrogen (secondary N) is 1. The number of benzene rings is 1. The fraction of sp³-hybridized carbons (Fsp3) is 0.462. The van der Waals surface area contributed by atoms with Gasteiger partial charge in [-0.05, 0) is 18.1 Å². The molecular weight excluding hydrogens is 325 g/mol. The van der Waals surface area contributed by atoms with Gasteiger partial charge in [-0.1, -0.05) is 18.2 Å². The standard InChI is InChI=1S/C13H17F3N2O3.ClH/c1-20-8-10(17)12(19)18-7-6-9-4-2-3-5-11(9)21-13(14,15)16;/h2-5,10H,6-8,17H2,1H3,(H,18,19);1H. The van der Waals surface area contributed by atoms with Crippen molar-refractivity contribution in [3.05, 3.63) is 29.8 Å². The van der Waals surface area contributed by atoms with Crippen molar-refractivity contribution >= 4 is 18.3 Å². The number of hydrogen-bond acceptors (Lipinski definition) is 4. The van der Waals surface area contributed by atoms with Crippen LogP contribution in [0, 0.1) is 0 Å². The smallest absolute Gasteiger partial charge is 0.406 e. The molecule has 0 heterocycles. The minimum absolute atomic E-state index is 0. The van der Waals surface area contributed by atoms with E-state index >= 15 is 0 Å². The van der Waals surface area contributed by atoms with E-state index in [0.29, 0.717) is 5.56 Å². The van der Waals surface area contributed by atoms with E-state index in [9.17, 15) is 18.0 Å². The highest BCUT2D eigenvalue weighted by molar-refractivity contribution is 5.85. The minimum Gasteiger partial charge on any atom is -0.406 e. The highest BCUT2D eigenvalue weighted by Gasteiger charge is 2.31. The number of alkyl halides is 3. The van der Waals surface area contributed by atoms with E-state index < -0.39 is 18.3 Å². The van der Waals surface area contributed by atoms with Crippen LogP contribution in [0.3, 0.4) is 0 Å². The molecule has 1 unspecified atom stereocenters. The molecule has 0 saturated heterocycles. The van der Waals surface area contributed by atoms with Crippen LogP contribution < -0.4 is 15.8 Å². The maximum atomic E-state index is 12.2. The lowest BCUT2D eigenvalue weighted by Crippen LogP contribution is -2.44. The molecule has 1 aromatic rings. The number of carbonyl (C=O) groups is 1. The van der Waals surface area contributed by atoms with Gasteiger partial charge in [0.1, 0.15) is 11.8 Å². The Labute approximate surface area is 132 Å². The van der Waals surface area contributed by atoms with Gasteiger partial charge in [0.2, 0.25) is 5.91 Å². The lowest BCUT2D eigenvalue weighted by molar-refractivity contribution is -0.274. The zero-order valence-electron chi connectivity index (χ0n) is 11.9. The third kappa shape index (κ3) is 7.48. The Morgan fingerprint density at radius 3 is 2.59 bits per heavy atom. The van der Waals surface area contributed by atoms with Crippen molar-refractivity contribution in [2.45, 2.75) is 18.8 Å². The summed E-state index contributed by atoms with van der Waals surface area (Å²) in [6.45, 7) is 0.216. The Morgan fingerprint density at radius 2 is 2.00 bits per heavy atom. The number of ether oxygens (including phenoxy) is 2. The van der Waals surface area contributed by atoms with E-state index in [0.717, 1.165) is 0 Å². The monoisotopic (exact) mass is 342 g/mol. The molecule has 0 radical (unpaired) electrons. The first-order valence-electron chi connectivity index (χ1n) is 6.19. The maximum Gasteiger partial charge on any atom is 0.573 e. The quantitative estimate of drug-likeness (QED) is 0.790. The van der Waals surface area contributed by atoms with Gasteiger partial charge in [-0.25, -0.2) is 0 Å². The van der Waals surface area contributed by atoms with Gasteiger partial charge in [-0.3, -0.25) is 4.79 Å². The normalized spacial score (nSPS) is 12.2. The molecule has 22 heavy (non-hydrogen) atoms. The molecule has 5 nitrogen and oxygen atoms in total. The number of halogens is 4. The van der Waals surface area contributed by atoms with Gasteiger partial charge in [0.25, 0.3) is 0 Å². The summed E-state index contributed by atoms with van der Waals surface area (Å²) < 4.78 is 45.4. The van der Waals surface area contributed by atoms with Crippen LogP contribution in [0.5, 0.6) is 5.75 Å². The van der Waals surface area contributed by atoms with Crippen molar-refractivity contribution < 1.29 is 27.4 Å². The van der Waals surface area contributed by atoms with Crippen LogP contribution in [-0.2, 0) is 16.0 Å². The molecule has 3 N–H and O–H groups in total. The van der Waals surface area contributed by atoms with E-state index in [2.05, 4.69) is 10.1 Å². The molecule has 0 aliphatic rings. The molecule has 0 fully saturated rings. The molecular formula is C13H18ClF3N2O3. The van der Waals surface area contributed by atoms with Crippen LogP contribution in [0.25, 0.3) is 0 Å². The summed E-state index contributed by atoms with van der Waals surface area (Å²) in [5.41, 5.74) is 5.85. The summed E-state index contributed by atoms with van der Waals surface area (Å²) in [5.74, 6) is -0.702. The van der Waals surface area contributed by atoms with Gasteiger partial charge in [0.05, 0.1) is 6.61 Å². The molecule has 0 saturated carbocycles. The van der Waals surface area contributed by atoms with Gasteiger partial charge in [0, 0.05) is 13.7 Å². The number of rotatable bonds is 7. The number of methoxy groups -OCH3 is 1. The molecule has 0 aliphatic heterocycles. The third-order valence-corrected chi connectivity index (χ3v) is 2.57. The van der Waals surface area contributed by atoms with E-state index in [4.69, 9.17) is 10.5 Å². The van der Waals surface area contributed by atoms with Crippen LogP contribution in [-0.4, -0.2) is 38.6 Å². The Morgan fingerprint density at radius 1 is 1.36 bits per heavy atom. The number of amides is 1. The zero-order chi connectivity index (χ0) is 15.9. The molecule has 1 aromatic carbocycles. The molecule has 0 aliphatic carbocycles. The predicted octanol–water partition coefficient (Wildman–Crippen LogP) is 1.64. The number of nitrogens with two attached hydrogens (primary N) is 1. The average Bonchev–Trinajstić information content (AvgIpc) is 2.39. The minimum atomic E-state index is -4.75. The topological polar surface area (TPSA) is 73.6 Å². The Kier molecular flexibility index (Phi) is 8.84. The van der Waals surface area contributed by atoms with E-state index in [1.54, 1.807) is 6.07 Å². The van der Waals surface area contributed by atoms with Crippen LogP contribution >= 0.6 is 12.4 Å². The van der Waals surface area contributed by atoms with Crippen molar-refractivity contribution in [1.29, 1.82) is 0 Å². The van der Waals surface area contributed by atoms with Crippen molar-refractivity contribution in [2.24, 2.45) is 5.73 Å². The fourth-order valence-electron chi connectivity index (χ4n) is 1.64. The van der Waals surface area contributed by atoms with Gasteiger partial charge >= 0.3 is 6.36 Å². The first-order chi connectivity index (χ1) is 9.83. The second-order valence-electron chi connectivity index (χ2n) is 4.26. The maximum absolute atomic E-state index is 12.2. The van der Waals surface area contributed by atoms with Crippen LogP contribution in [0.2, 0.25) is 0 Å². The Balaban J connectivity index is 0.00000441. The third-order valence-electron chi connectivity index (χ3n) is 2.57. The van der Waals surface area contributed by atoms with Gasteiger partial charge in [0.15, 0.2) is 0 Å². The zero-order valence-corrected chi connectivity index (χ0v) is 12.7. The second-order valence-corrected chi connectivity index (χ2v) is 4.26. The molecule has 9 heteroatoms. The predicted molar refractivity (Wildman–Crippen MR) is 76.9 cm³/mol. The van der Waals surface area contributed by atoms with Crippen molar-refractivity contribution in [3.8, 4) is 5.75 Å². The Bertz CT molecular complexity index is 472. The van der Waals surface area contributed by atoms with Crippen molar-refractivity contribution in [3.63, 3.8) is 0 Å². The van der Waals surface area contributed by atoms with Crippen molar-refractivity contribution in [2.75, 3.05) is 20.3 Å². The fourth-order valence-corrected chi connectivity index (χ4v) is 1.64. The van der Waals surface area contributed by atoms with E-state index in [-0.39, 0.29) is 37.7 Å². The molecule has 126 valence electrons. The average molecular weight is 343 g/mol. The van der Waals surface area contributed by atoms with Crippen molar-refractivity contribution in [1.82, 2.24) is 5.32 Å². The van der Waals surface area contributed by atoms with Crippen LogP contribution in [0.15, 0.2) is 24.3 Å². The Hall–Kier alpha value is -1.51. The highest BCUT2D eigenvalue weighted by atomic mass is 35.5. The largest absolute Gasteiger partial charge is 0.573 e. The van der Waals surface area contributed by atoms with Gasteiger partial charge in [-0.15, -0.1) is 25.6 Å². The summed E-state index contributed by atoms with van der Waals surface area (Å²) >= 11 is 0. The summed E-state index contributed by atoms with van der Waals surface area (Å²) in [4.78, 5) is 11.5. The number of hydrogen-bond donors (Lipinski definition) is 2. The molecule has 1 atom stereocenters. The SMILES string of the molecule is COCC(N)C(=O)NCCc1ccccc1OC(F)(F)F.Cl. The molecule has 0 spiro atoms. The molecule has 1 amide bonds. The van der Waals surface area contributed by atoms with Gasteiger partial charge < -0.3 is 20.5 Å². The van der Waals surface area contributed by atoms with E-state index in [1.165, 1.54) is 25.3 Å².